The Kier molecular flexibility index (Phi) is 7.07. The van der Waals surface area contributed by atoms with E-state index in [2.05, 4.69) is 35.6 Å². The highest BCUT2D eigenvalue weighted by Gasteiger charge is 2.33. The Labute approximate surface area is 189 Å². The minimum atomic E-state index is -0.0732. The Morgan fingerprint density at radius 3 is 2.28 bits per heavy atom. The molecule has 5 heteroatoms. The van der Waals surface area contributed by atoms with Crippen molar-refractivity contribution in [2.75, 3.05) is 33.9 Å². The average Bonchev–Trinajstić information content (AvgIpc) is 2.85. The highest BCUT2D eigenvalue weighted by molar-refractivity contribution is 6.01. The fourth-order valence-corrected chi connectivity index (χ4v) is 4.40. The first-order chi connectivity index (χ1) is 15.7. The molecule has 5 nitrogen and oxygen atoms in total. The molecule has 0 bridgehead atoms. The summed E-state index contributed by atoms with van der Waals surface area (Å²) in [6.45, 7) is 1.67. The van der Waals surface area contributed by atoms with Gasteiger partial charge in [0.25, 0.3) is 0 Å². The largest absolute Gasteiger partial charge is 0.493 e. The van der Waals surface area contributed by atoms with Crippen molar-refractivity contribution in [1.29, 1.82) is 0 Å². The molecule has 0 unspecified atom stereocenters. The zero-order chi connectivity index (χ0) is 22.3. The van der Waals surface area contributed by atoms with Crippen LogP contribution in [-0.4, -0.2) is 39.7 Å². The van der Waals surface area contributed by atoms with Gasteiger partial charge in [-0.25, -0.2) is 0 Å². The second-order valence-corrected chi connectivity index (χ2v) is 7.89. The normalized spacial score (nSPS) is 17.5. The van der Waals surface area contributed by atoms with Crippen LogP contribution in [0.4, 0.5) is 0 Å². The van der Waals surface area contributed by atoms with Crippen molar-refractivity contribution in [1.82, 2.24) is 5.32 Å². The molecular weight excluding hydrogens is 402 g/mol. The standard InChI is InChI=1S/C27H29NO4/c1-30-24-13-8-14-25(31-2)27(24)32-16-15-28-18-20-17-23(19-9-4-3-5-10-19)21-11-6-7-12-22(21)26(20)29/h3-14,20,23,28H,15-18H2,1-2H3/t20-,23+/m0/s1. The topological polar surface area (TPSA) is 56.8 Å². The number of carbonyl (C=O) groups excluding carboxylic acids is 1. The Balaban J connectivity index is 1.39. The van der Waals surface area contributed by atoms with E-state index in [0.29, 0.717) is 36.9 Å². The quantitative estimate of drug-likeness (QED) is 0.498. The third-order valence-electron chi connectivity index (χ3n) is 5.99. The molecule has 0 aliphatic heterocycles. The van der Waals surface area contributed by atoms with Crippen LogP contribution in [0.1, 0.15) is 33.8 Å². The Bertz CT molecular complexity index is 1030. The Morgan fingerprint density at radius 1 is 0.875 bits per heavy atom. The number of rotatable bonds is 9. The van der Waals surface area contributed by atoms with Crippen LogP contribution in [-0.2, 0) is 0 Å². The molecule has 3 aromatic rings. The van der Waals surface area contributed by atoms with Crippen LogP contribution >= 0.6 is 0 Å². The van der Waals surface area contributed by atoms with Gasteiger partial charge >= 0.3 is 0 Å². The summed E-state index contributed by atoms with van der Waals surface area (Å²) in [5.41, 5.74) is 3.23. The molecule has 2 atom stereocenters. The van der Waals surface area contributed by atoms with Crippen LogP contribution < -0.4 is 19.5 Å². The highest BCUT2D eigenvalue weighted by Crippen LogP contribution is 2.39. The summed E-state index contributed by atoms with van der Waals surface area (Å²) >= 11 is 0. The van der Waals surface area contributed by atoms with Crippen LogP contribution in [0.2, 0.25) is 0 Å². The van der Waals surface area contributed by atoms with E-state index in [9.17, 15) is 4.79 Å². The molecule has 4 rings (SSSR count). The number of ether oxygens (including phenoxy) is 3. The summed E-state index contributed by atoms with van der Waals surface area (Å²) in [6, 6.07) is 24.0. The minimum absolute atomic E-state index is 0.0732. The molecule has 0 spiro atoms. The Hall–Kier alpha value is -3.31. The van der Waals surface area contributed by atoms with Crippen LogP contribution in [0.3, 0.4) is 0 Å². The molecule has 0 radical (unpaired) electrons. The maximum atomic E-state index is 13.1. The van der Waals surface area contributed by atoms with Crippen molar-refractivity contribution in [2.45, 2.75) is 12.3 Å². The number of ketones is 1. The predicted molar refractivity (Wildman–Crippen MR) is 125 cm³/mol. The van der Waals surface area contributed by atoms with E-state index in [4.69, 9.17) is 14.2 Å². The van der Waals surface area contributed by atoms with E-state index >= 15 is 0 Å². The number of methoxy groups -OCH3 is 2. The van der Waals surface area contributed by atoms with Gasteiger partial charge in [-0.15, -0.1) is 0 Å². The van der Waals surface area contributed by atoms with Gasteiger partial charge < -0.3 is 19.5 Å². The van der Waals surface area contributed by atoms with Crippen molar-refractivity contribution in [2.24, 2.45) is 5.92 Å². The Morgan fingerprint density at radius 2 is 1.56 bits per heavy atom. The van der Waals surface area contributed by atoms with E-state index in [0.717, 1.165) is 17.5 Å². The van der Waals surface area contributed by atoms with Gasteiger partial charge in [-0.3, -0.25) is 4.79 Å². The number of carbonyl (C=O) groups is 1. The van der Waals surface area contributed by atoms with Gasteiger partial charge in [0.05, 0.1) is 14.2 Å². The number of nitrogens with one attached hydrogen (secondary N) is 1. The molecule has 0 aromatic heterocycles. The van der Waals surface area contributed by atoms with Gasteiger partial charge in [0, 0.05) is 30.5 Å². The van der Waals surface area contributed by atoms with Crippen molar-refractivity contribution >= 4 is 5.78 Å². The third-order valence-corrected chi connectivity index (χ3v) is 5.99. The van der Waals surface area contributed by atoms with E-state index in [-0.39, 0.29) is 17.6 Å². The molecule has 0 heterocycles. The lowest BCUT2D eigenvalue weighted by atomic mass is 9.73. The molecular formula is C27H29NO4. The monoisotopic (exact) mass is 431 g/mol. The van der Waals surface area contributed by atoms with Crippen LogP contribution in [0, 0.1) is 5.92 Å². The summed E-state index contributed by atoms with van der Waals surface area (Å²) in [4.78, 5) is 13.1. The summed E-state index contributed by atoms with van der Waals surface area (Å²) in [6.07, 6.45) is 0.800. The van der Waals surface area contributed by atoms with Crippen molar-refractivity contribution in [3.63, 3.8) is 0 Å². The van der Waals surface area contributed by atoms with Crippen molar-refractivity contribution in [3.8, 4) is 17.2 Å². The van der Waals surface area contributed by atoms with Crippen molar-refractivity contribution < 1.29 is 19.0 Å². The molecule has 0 amide bonds. The van der Waals surface area contributed by atoms with Crippen LogP contribution in [0.15, 0.2) is 72.8 Å². The van der Waals surface area contributed by atoms with Crippen molar-refractivity contribution in [3.05, 3.63) is 89.5 Å². The number of Topliss-reactive ketones (excluding diaryl/α,β-unsaturated/α-hetero) is 1. The second kappa shape index (κ2) is 10.3. The first-order valence-electron chi connectivity index (χ1n) is 11.0. The van der Waals surface area contributed by atoms with Gasteiger partial charge in [-0.05, 0) is 29.7 Å². The molecule has 32 heavy (non-hydrogen) atoms. The second-order valence-electron chi connectivity index (χ2n) is 7.89. The van der Waals surface area contributed by atoms with Gasteiger partial charge in [-0.2, -0.15) is 0 Å². The summed E-state index contributed by atoms with van der Waals surface area (Å²) in [5, 5.41) is 3.41. The highest BCUT2D eigenvalue weighted by atomic mass is 16.5. The lowest BCUT2D eigenvalue weighted by molar-refractivity contribution is 0.0894. The van der Waals surface area contributed by atoms with Gasteiger partial charge in [0.1, 0.15) is 6.61 Å². The molecule has 0 fully saturated rings. The lowest BCUT2D eigenvalue weighted by Crippen LogP contribution is -2.35. The molecule has 1 aliphatic carbocycles. The first kappa shape index (κ1) is 21.9. The fourth-order valence-electron chi connectivity index (χ4n) is 4.40. The van der Waals surface area contributed by atoms with E-state index < -0.39 is 0 Å². The van der Waals surface area contributed by atoms with E-state index in [1.807, 2.05) is 42.5 Å². The number of hydrogen-bond donors (Lipinski definition) is 1. The first-order valence-corrected chi connectivity index (χ1v) is 11.0. The number of hydrogen-bond acceptors (Lipinski definition) is 5. The maximum absolute atomic E-state index is 13.1. The number of benzene rings is 3. The van der Waals surface area contributed by atoms with Crippen LogP contribution in [0.5, 0.6) is 17.2 Å². The molecule has 1 aliphatic rings. The average molecular weight is 432 g/mol. The molecule has 0 saturated carbocycles. The molecule has 1 N–H and O–H groups in total. The third kappa shape index (κ3) is 4.63. The lowest BCUT2D eigenvalue weighted by Gasteiger charge is -2.31. The van der Waals surface area contributed by atoms with Gasteiger partial charge in [0.15, 0.2) is 17.3 Å². The number of fused-ring (bicyclic) bond motifs is 1. The summed E-state index contributed by atoms with van der Waals surface area (Å²) in [7, 11) is 3.21. The van der Waals surface area contributed by atoms with E-state index in [1.54, 1.807) is 14.2 Å². The van der Waals surface area contributed by atoms with E-state index in [1.165, 1.54) is 5.56 Å². The SMILES string of the molecule is COc1cccc(OC)c1OCCNC[C@@H]1C[C@H](c2ccccc2)c2ccccc2C1=O. The zero-order valence-corrected chi connectivity index (χ0v) is 18.5. The predicted octanol–water partition coefficient (Wildman–Crippen LogP) is 4.71. The number of para-hydroxylation sites is 1. The maximum Gasteiger partial charge on any atom is 0.203 e. The molecule has 0 saturated heterocycles. The summed E-state index contributed by atoms with van der Waals surface area (Å²) in [5.74, 6) is 2.23. The smallest absolute Gasteiger partial charge is 0.203 e. The van der Waals surface area contributed by atoms with Gasteiger partial charge in [-0.1, -0.05) is 60.7 Å². The zero-order valence-electron chi connectivity index (χ0n) is 18.5. The molecule has 3 aromatic carbocycles. The summed E-state index contributed by atoms with van der Waals surface area (Å²) < 4.78 is 16.7. The van der Waals surface area contributed by atoms with Gasteiger partial charge in [0.2, 0.25) is 5.75 Å². The molecule has 166 valence electrons. The fraction of sp³-hybridized carbons (Fsp3) is 0.296. The minimum Gasteiger partial charge on any atom is -0.493 e. The van der Waals surface area contributed by atoms with Crippen LogP contribution in [0.25, 0.3) is 0 Å².